The molecule has 1 atom stereocenters. The van der Waals surface area contributed by atoms with E-state index in [-0.39, 0.29) is 30.1 Å². The number of halogens is 1. The lowest BCUT2D eigenvalue weighted by molar-refractivity contribution is 0.230. The minimum absolute atomic E-state index is 0. The van der Waals surface area contributed by atoms with Crippen molar-refractivity contribution in [3.8, 4) is 11.5 Å². The number of aryl methyl sites for hydroxylation is 1. The lowest BCUT2D eigenvalue weighted by atomic mass is 10.2. The van der Waals surface area contributed by atoms with Crippen molar-refractivity contribution in [2.24, 2.45) is 10.7 Å². The summed E-state index contributed by atoms with van der Waals surface area (Å²) in [5.74, 6) is 1.87. The van der Waals surface area contributed by atoms with E-state index in [2.05, 4.69) is 10.3 Å². The summed E-state index contributed by atoms with van der Waals surface area (Å²) in [4.78, 5) is 4.31. The molecule has 0 saturated carbocycles. The molecule has 1 unspecified atom stereocenters. The Labute approximate surface area is 160 Å². The minimum Gasteiger partial charge on any atom is -0.495 e. The Morgan fingerprint density at radius 1 is 1.17 bits per heavy atom. The van der Waals surface area contributed by atoms with Crippen LogP contribution < -0.4 is 20.5 Å². The van der Waals surface area contributed by atoms with Crippen molar-refractivity contribution in [2.75, 3.05) is 19.0 Å². The van der Waals surface area contributed by atoms with Crippen molar-refractivity contribution in [1.82, 2.24) is 0 Å². The Morgan fingerprint density at radius 2 is 1.83 bits per heavy atom. The third-order valence-electron chi connectivity index (χ3n) is 3.25. The molecular formula is C18H24IN3O2. The van der Waals surface area contributed by atoms with Crippen LogP contribution in [0.2, 0.25) is 0 Å². The van der Waals surface area contributed by atoms with Gasteiger partial charge < -0.3 is 20.5 Å². The molecule has 0 bridgehead atoms. The van der Waals surface area contributed by atoms with Gasteiger partial charge in [-0.15, -0.1) is 24.0 Å². The van der Waals surface area contributed by atoms with Crippen LogP contribution in [0.3, 0.4) is 0 Å². The Bertz CT molecular complexity index is 660. The first kappa shape index (κ1) is 20.1. The standard InChI is InChI=1S/C18H23N3O2.HI/c1-13-8-10-15(11-9-13)23-14(2)12-20-18(19)21-16-6-4-5-7-17(16)22-3;/h4-11,14H,12H2,1-3H3,(H3,19,20,21);1H. The van der Waals surface area contributed by atoms with Crippen LogP contribution in [0.4, 0.5) is 5.69 Å². The predicted octanol–water partition coefficient (Wildman–Crippen LogP) is 3.82. The summed E-state index contributed by atoms with van der Waals surface area (Å²) in [5.41, 5.74) is 7.90. The second-order valence-corrected chi connectivity index (χ2v) is 5.29. The largest absolute Gasteiger partial charge is 0.495 e. The molecule has 0 amide bonds. The fourth-order valence-electron chi connectivity index (χ4n) is 2.04. The number of nitrogens with two attached hydrogens (primary N) is 1. The highest BCUT2D eigenvalue weighted by Gasteiger charge is 2.05. The van der Waals surface area contributed by atoms with Gasteiger partial charge in [0.15, 0.2) is 5.96 Å². The van der Waals surface area contributed by atoms with Crippen LogP contribution >= 0.6 is 24.0 Å². The number of nitrogens with zero attached hydrogens (tertiary/aromatic N) is 1. The van der Waals surface area contributed by atoms with Gasteiger partial charge in [0.05, 0.1) is 19.3 Å². The van der Waals surface area contributed by atoms with Gasteiger partial charge in [-0.1, -0.05) is 29.8 Å². The zero-order chi connectivity index (χ0) is 16.7. The van der Waals surface area contributed by atoms with Gasteiger partial charge in [-0.3, -0.25) is 0 Å². The molecule has 6 heteroatoms. The molecule has 24 heavy (non-hydrogen) atoms. The molecule has 0 radical (unpaired) electrons. The summed E-state index contributed by atoms with van der Waals surface area (Å²) >= 11 is 0. The van der Waals surface area contributed by atoms with E-state index in [1.165, 1.54) is 5.56 Å². The number of benzene rings is 2. The molecule has 3 N–H and O–H groups in total. The summed E-state index contributed by atoms with van der Waals surface area (Å²) < 4.78 is 11.1. The first-order chi connectivity index (χ1) is 11.1. The van der Waals surface area contributed by atoms with Crippen LogP contribution in [0.1, 0.15) is 12.5 Å². The normalized spacial score (nSPS) is 12.0. The molecule has 130 valence electrons. The van der Waals surface area contributed by atoms with Gasteiger partial charge >= 0.3 is 0 Å². The van der Waals surface area contributed by atoms with E-state index >= 15 is 0 Å². The van der Waals surface area contributed by atoms with Gasteiger partial charge in [-0.05, 0) is 38.1 Å². The van der Waals surface area contributed by atoms with E-state index in [9.17, 15) is 0 Å². The lowest BCUT2D eigenvalue weighted by Crippen LogP contribution is -2.25. The molecule has 0 aliphatic rings. The quantitative estimate of drug-likeness (QED) is 0.407. The number of guanidine groups is 1. The average molecular weight is 441 g/mol. The first-order valence-corrected chi connectivity index (χ1v) is 7.52. The summed E-state index contributed by atoms with van der Waals surface area (Å²) in [6.07, 6.45) is -0.0734. The molecule has 0 fully saturated rings. The maximum absolute atomic E-state index is 5.92. The number of nitrogens with one attached hydrogen (secondary N) is 1. The van der Waals surface area contributed by atoms with E-state index < -0.39 is 0 Å². The van der Waals surface area contributed by atoms with E-state index in [0.717, 1.165) is 17.2 Å². The van der Waals surface area contributed by atoms with Gasteiger partial charge in [0, 0.05) is 0 Å². The Morgan fingerprint density at radius 3 is 2.50 bits per heavy atom. The predicted molar refractivity (Wildman–Crippen MR) is 110 cm³/mol. The van der Waals surface area contributed by atoms with E-state index in [0.29, 0.717) is 12.5 Å². The van der Waals surface area contributed by atoms with Crippen molar-refractivity contribution in [3.05, 3.63) is 54.1 Å². The molecule has 0 aliphatic carbocycles. The van der Waals surface area contributed by atoms with Gasteiger partial charge in [-0.2, -0.15) is 0 Å². The lowest BCUT2D eigenvalue weighted by Gasteiger charge is -2.14. The zero-order valence-corrected chi connectivity index (χ0v) is 16.5. The highest BCUT2D eigenvalue weighted by atomic mass is 127. The molecule has 2 aromatic rings. The number of aliphatic imine (C=N–C) groups is 1. The number of methoxy groups -OCH3 is 1. The maximum atomic E-state index is 5.92. The second-order valence-electron chi connectivity index (χ2n) is 5.29. The average Bonchev–Trinajstić information content (AvgIpc) is 2.55. The maximum Gasteiger partial charge on any atom is 0.193 e. The Kier molecular flexibility index (Phi) is 8.39. The van der Waals surface area contributed by atoms with Crippen LogP contribution in [0.15, 0.2) is 53.5 Å². The van der Waals surface area contributed by atoms with Crippen LogP contribution in [0.5, 0.6) is 11.5 Å². The molecule has 0 spiro atoms. The number of rotatable bonds is 6. The topological polar surface area (TPSA) is 68.9 Å². The van der Waals surface area contributed by atoms with Gasteiger partial charge in [-0.25, -0.2) is 4.99 Å². The fourth-order valence-corrected chi connectivity index (χ4v) is 2.04. The molecule has 0 saturated heterocycles. The molecular weight excluding hydrogens is 417 g/mol. The first-order valence-electron chi connectivity index (χ1n) is 7.52. The molecule has 2 rings (SSSR count). The third kappa shape index (κ3) is 6.27. The number of ether oxygens (including phenoxy) is 2. The summed E-state index contributed by atoms with van der Waals surface area (Å²) in [7, 11) is 1.62. The van der Waals surface area contributed by atoms with Gasteiger partial charge in [0.25, 0.3) is 0 Å². The molecule has 2 aromatic carbocycles. The SMILES string of the molecule is COc1ccccc1NC(N)=NCC(C)Oc1ccc(C)cc1.I. The number of hydrogen-bond acceptors (Lipinski definition) is 3. The van der Waals surface area contributed by atoms with Crippen molar-refractivity contribution in [2.45, 2.75) is 20.0 Å². The van der Waals surface area contributed by atoms with E-state index in [1.54, 1.807) is 7.11 Å². The monoisotopic (exact) mass is 441 g/mol. The summed E-state index contributed by atoms with van der Waals surface area (Å²) in [5, 5.41) is 3.04. The second kappa shape index (κ2) is 10.0. The third-order valence-corrected chi connectivity index (χ3v) is 3.25. The highest BCUT2D eigenvalue weighted by molar-refractivity contribution is 14.0. The zero-order valence-electron chi connectivity index (χ0n) is 14.2. The van der Waals surface area contributed by atoms with Gasteiger partial charge in [0.2, 0.25) is 0 Å². The molecule has 0 aliphatic heterocycles. The smallest absolute Gasteiger partial charge is 0.193 e. The summed E-state index contributed by atoms with van der Waals surface area (Å²) in [6.45, 7) is 4.46. The van der Waals surface area contributed by atoms with Crippen LogP contribution in [-0.2, 0) is 0 Å². The molecule has 0 heterocycles. The van der Waals surface area contributed by atoms with Crippen molar-refractivity contribution >= 4 is 35.6 Å². The highest BCUT2D eigenvalue weighted by Crippen LogP contribution is 2.22. The van der Waals surface area contributed by atoms with Crippen LogP contribution in [-0.4, -0.2) is 25.7 Å². The number of para-hydroxylation sites is 2. The van der Waals surface area contributed by atoms with Crippen molar-refractivity contribution in [3.63, 3.8) is 0 Å². The Hall–Kier alpha value is -1.96. The molecule has 5 nitrogen and oxygen atoms in total. The number of hydrogen-bond donors (Lipinski definition) is 2. The molecule has 0 aromatic heterocycles. The Balaban J connectivity index is 0.00000288. The van der Waals surface area contributed by atoms with Crippen LogP contribution in [0.25, 0.3) is 0 Å². The van der Waals surface area contributed by atoms with Crippen molar-refractivity contribution < 1.29 is 9.47 Å². The van der Waals surface area contributed by atoms with E-state index in [1.807, 2.05) is 62.4 Å². The summed E-state index contributed by atoms with van der Waals surface area (Å²) in [6, 6.07) is 15.5. The fraction of sp³-hybridized carbons (Fsp3) is 0.278. The van der Waals surface area contributed by atoms with Crippen LogP contribution in [0, 0.1) is 6.92 Å². The van der Waals surface area contributed by atoms with Gasteiger partial charge in [0.1, 0.15) is 17.6 Å². The van der Waals surface area contributed by atoms with Crippen molar-refractivity contribution in [1.29, 1.82) is 0 Å². The van der Waals surface area contributed by atoms with E-state index in [4.69, 9.17) is 15.2 Å². The minimum atomic E-state index is -0.0734. The number of anilines is 1.